The number of carbonyl (C=O) groups excluding carboxylic acids is 1. The maximum atomic E-state index is 12.9. The summed E-state index contributed by atoms with van der Waals surface area (Å²) in [5.41, 5.74) is 1.27. The van der Waals surface area contributed by atoms with Crippen molar-refractivity contribution in [1.29, 1.82) is 0 Å². The van der Waals surface area contributed by atoms with Gasteiger partial charge in [0.1, 0.15) is 5.75 Å². The smallest absolute Gasteiger partial charge is 0.255 e. The zero-order chi connectivity index (χ0) is 20.1. The van der Waals surface area contributed by atoms with Crippen LogP contribution in [0.3, 0.4) is 0 Å². The second-order valence-corrected chi connectivity index (χ2v) is 6.03. The van der Waals surface area contributed by atoms with E-state index < -0.39 is 0 Å². The Hall–Kier alpha value is -3.41. The van der Waals surface area contributed by atoms with Crippen molar-refractivity contribution in [2.24, 2.45) is 0 Å². The highest BCUT2D eigenvalue weighted by Crippen LogP contribution is 2.39. The van der Waals surface area contributed by atoms with E-state index in [4.69, 9.17) is 18.9 Å². The van der Waals surface area contributed by atoms with Gasteiger partial charge in [-0.2, -0.15) is 0 Å². The molecule has 1 N–H and O–H groups in total. The molecule has 0 aliphatic heterocycles. The van der Waals surface area contributed by atoms with Crippen LogP contribution in [0.2, 0.25) is 0 Å². The SMILES string of the molecule is COc1ccc(C(=O)NCc2c(OC)ccc3ccccc23)c(OC)c1OC. The first-order chi connectivity index (χ1) is 13.6. The molecular weight excluding hydrogens is 358 g/mol. The summed E-state index contributed by atoms with van der Waals surface area (Å²) >= 11 is 0. The molecule has 0 aliphatic carbocycles. The summed E-state index contributed by atoms with van der Waals surface area (Å²) in [5.74, 6) is 1.63. The standard InChI is InChI=1S/C22H23NO5/c1-25-18-11-9-14-7-5-6-8-15(14)17(18)13-23-22(24)16-10-12-19(26-2)21(28-4)20(16)27-3/h5-12H,13H2,1-4H3,(H,23,24). The van der Waals surface area contributed by atoms with E-state index in [9.17, 15) is 4.79 Å². The second-order valence-electron chi connectivity index (χ2n) is 6.03. The van der Waals surface area contributed by atoms with Gasteiger partial charge in [-0.1, -0.05) is 30.3 Å². The Balaban J connectivity index is 1.92. The molecule has 0 aliphatic rings. The number of amides is 1. The van der Waals surface area contributed by atoms with Gasteiger partial charge in [-0.25, -0.2) is 0 Å². The minimum absolute atomic E-state index is 0.284. The Kier molecular flexibility index (Phi) is 5.89. The van der Waals surface area contributed by atoms with Crippen LogP contribution in [0, 0.1) is 0 Å². The molecule has 0 unspecified atom stereocenters. The Morgan fingerprint density at radius 3 is 2.14 bits per heavy atom. The van der Waals surface area contributed by atoms with E-state index in [1.165, 1.54) is 21.3 Å². The molecule has 146 valence electrons. The Labute approximate surface area is 164 Å². The van der Waals surface area contributed by atoms with Crippen LogP contribution < -0.4 is 24.3 Å². The lowest BCUT2D eigenvalue weighted by Gasteiger charge is -2.16. The van der Waals surface area contributed by atoms with Crippen LogP contribution >= 0.6 is 0 Å². The lowest BCUT2D eigenvalue weighted by Crippen LogP contribution is -2.24. The molecule has 6 heteroatoms. The van der Waals surface area contributed by atoms with E-state index >= 15 is 0 Å². The summed E-state index contributed by atoms with van der Waals surface area (Å²) < 4.78 is 21.5. The molecule has 0 saturated heterocycles. The summed E-state index contributed by atoms with van der Waals surface area (Å²) in [6.45, 7) is 0.306. The second kappa shape index (κ2) is 8.52. The van der Waals surface area contributed by atoms with Gasteiger partial charge in [0.2, 0.25) is 5.75 Å². The van der Waals surface area contributed by atoms with Gasteiger partial charge < -0.3 is 24.3 Å². The average molecular weight is 381 g/mol. The highest BCUT2D eigenvalue weighted by atomic mass is 16.5. The summed E-state index contributed by atoms with van der Waals surface area (Å²) in [7, 11) is 6.14. The number of hydrogen-bond donors (Lipinski definition) is 1. The summed E-state index contributed by atoms with van der Waals surface area (Å²) in [5, 5.41) is 5.06. The van der Waals surface area contributed by atoms with Crippen LogP contribution in [0.5, 0.6) is 23.0 Å². The number of carbonyl (C=O) groups is 1. The molecular formula is C22H23NO5. The molecule has 1 amide bonds. The summed E-state index contributed by atoms with van der Waals surface area (Å²) in [6.07, 6.45) is 0. The van der Waals surface area contributed by atoms with Crippen molar-refractivity contribution in [2.45, 2.75) is 6.54 Å². The number of hydrogen-bond acceptors (Lipinski definition) is 5. The summed E-state index contributed by atoms with van der Waals surface area (Å²) in [6, 6.07) is 15.2. The molecule has 0 saturated carbocycles. The van der Waals surface area contributed by atoms with Crippen LogP contribution in [0.4, 0.5) is 0 Å². The molecule has 0 fully saturated rings. The van der Waals surface area contributed by atoms with Gasteiger partial charge in [0, 0.05) is 12.1 Å². The van der Waals surface area contributed by atoms with Crippen molar-refractivity contribution in [2.75, 3.05) is 28.4 Å². The minimum Gasteiger partial charge on any atom is -0.496 e. The van der Waals surface area contributed by atoms with E-state index in [-0.39, 0.29) is 5.91 Å². The third-order valence-electron chi connectivity index (χ3n) is 4.59. The molecule has 6 nitrogen and oxygen atoms in total. The maximum Gasteiger partial charge on any atom is 0.255 e. The first-order valence-electron chi connectivity index (χ1n) is 8.76. The monoisotopic (exact) mass is 381 g/mol. The van der Waals surface area contributed by atoms with E-state index in [0.29, 0.717) is 29.4 Å². The lowest BCUT2D eigenvalue weighted by atomic mass is 10.0. The predicted octanol–water partition coefficient (Wildman–Crippen LogP) is 3.80. The topological polar surface area (TPSA) is 66.0 Å². The van der Waals surface area contributed by atoms with Crippen LogP contribution in [-0.2, 0) is 6.54 Å². The van der Waals surface area contributed by atoms with E-state index in [2.05, 4.69) is 5.32 Å². The predicted molar refractivity (Wildman–Crippen MR) is 108 cm³/mol. The van der Waals surface area contributed by atoms with Gasteiger partial charge >= 0.3 is 0 Å². The van der Waals surface area contributed by atoms with E-state index in [1.807, 2.05) is 36.4 Å². The van der Waals surface area contributed by atoms with Gasteiger partial charge in [0.25, 0.3) is 5.91 Å². The van der Waals surface area contributed by atoms with Crippen molar-refractivity contribution in [1.82, 2.24) is 5.32 Å². The fourth-order valence-corrected chi connectivity index (χ4v) is 3.23. The molecule has 3 rings (SSSR count). The fraction of sp³-hybridized carbons (Fsp3) is 0.227. The molecule has 0 heterocycles. The Morgan fingerprint density at radius 2 is 1.46 bits per heavy atom. The molecule has 0 radical (unpaired) electrons. The number of ether oxygens (including phenoxy) is 4. The van der Waals surface area contributed by atoms with Crippen LogP contribution in [-0.4, -0.2) is 34.3 Å². The molecule has 3 aromatic rings. The highest BCUT2D eigenvalue weighted by molar-refractivity contribution is 5.98. The van der Waals surface area contributed by atoms with Crippen molar-refractivity contribution in [3.63, 3.8) is 0 Å². The van der Waals surface area contributed by atoms with Crippen molar-refractivity contribution >= 4 is 16.7 Å². The van der Waals surface area contributed by atoms with Gasteiger partial charge in [-0.15, -0.1) is 0 Å². The number of fused-ring (bicyclic) bond motifs is 1. The Bertz CT molecular complexity index is 1000. The number of benzene rings is 3. The molecule has 0 spiro atoms. The first kappa shape index (κ1) is 19.4. The largest absolute Gasteiger partial charge is 0.496 e. The third-order valence-corrected chi connectivity index (χ3v) is 4.59. The quantitative estimate of drug-likeness (QED) is 0.674. The van der Waals surface area contributed by atoms with Crippen molar-refractivity contribution in [3.8, 4) is 23.0 Å². The van der Waals surface area contributed by atoms with Crippen LogP contribution in [0.1, 0.15) is 15.9 Å². The molecule has 3 aromatic carbocycles. The zero-order valence-corrected chi connectivity index (χ0v) is 16.4. The van der Waals surface area contributed by atoms with E-state index in [1.54, 1.807) is 19.2 Å². The zero-order valence-electron chi connectivity index (χ0n) is 16.4. The van der Waals surface area contributed by atoms with E-state index in [0.717, 1.165) is 22.1 Å². The van der Waals surface area contributed by atoms with Crippen LogP contribution in [0.15, 0.2) is 48.5 Å². The van der Waals surface area contributed by atoms with Crippen molar-refractivity contribution in [3.05, 3.63) is 59.7 Å². The third kappa shape index (κ3) is 3.53. The number of nitrogens with one attached hydrogen (secondary N) is 1. The number of rotatable bonds is 7. The summed E-state index contributed by atoms with van der Waals surface area (Å²) in [4.78, 5) is 12.9. The molecule has 0 atom stereocenters. The minimum atomic E-state index is -0.284. The van der Waals surface area contributed by atoms with Gasteiger partial charge in [0.15, 0.2) is 11.5 Å². The fourth-order valence-electron chi connectivity index (χ4n) is 3.23. The normalized spacial score (nSPS) is 10.4. The first-order valence-corrected chi connectivity index (χ1v) is 8.76. The maximum absolute atomic E-state index is 12.9. The van der Waals surface area contributed by atoms with Gasteiger partial charge in [-0.3, -0.25) is 4.79 Å². The highest BCUT2D eigenvalue weighted by Gasteiger charge is 2.21. The number of methoxy groups -OCH3 is 4. The van der Waals surface area contributed by atoms with Crippen molar-refractivity contribution < 1.29 is 23.7 Å². The van der Waals surface area contributed by atoms with Gasteiger partial charge in [-0.05, 0) is 29.0 Å². The van der Waals surface area contributed by atoms with Crippen LogP contribution in [0.25, 0.3) is 10.8 Å². The Morgan fingerprint density at radius 1 is 0.786 bits per heavy atom. The average Bonchev–Trinajstić information content (AvgIpc) is 2.75. The lowest BCUT2D eigenvalue weighted by molar-refractivity contribution is 0.0947. The molecule has 0 aromatic heterocycles. The van der Waals surface area contributed by atoms with Gasteiger partial charge in [0.05, 0.1) is 34.0 Å². The molecule has 0 bridgehead atoms. The molecule has 28 heavy (non-hydrogen) atoms.